The van der Waals surface area contributed by atoms with Crippen molar-refractivity contribution in [3.8, 4) is 0 Å². The lowest BCUT2D eigenvalue weighted by atomic mass is 10.1. The fourth-order valence-corrected chi connectivity index (χ4v) is 2.99. The van der Waals surface area contributed by atoms with Crippen LogP contribution in [-0.2, 0) is 6.54 Å². The van der Waals surface area contributed by atoms with E-state index < -0.39 is 0 Å². The lowest BCUT2D eigenvalue weighted by Crippen LogP contribution is -2.17. The Bertz CT molecular complexity index is 385. The molecule has 1 unspecified atom stereocenters. The van der Waals surface area contributed by atoms with Crippen molar-refractivity contribution in [1.29, 1.82) is 0 Å². The van der Waals surface area contributed by atoms with E-state index in [-0.39, 0.29) is 6.10 Å². The van der Waals surface area contributed by atoms with Crippen LogP contribution in [0.25, 0.3) is 0 Å². The molecule has 0 aliphatic heterocycles. The summed E-state index contributed by atoms with van der Waals surface area (Å²) < 4.78 is 1.93. The number of aliphatic hydroxyl groups is 1. The van der Waals surface area contributed by atoms with Gasteiger partial charge in [0.25, 0.3) is 0 Å². The second kappa shape index (κ2) is 8.15. The number of nitrogens with two attached hydrogens (primary N) is 1. The Labute approximate surface area is 125 Å². The van der Waals surface area contributed by atoms with Crippen LogP contribution in [0.15, 0.2) is 21.1 Å². The van der Waals surface area contributed by atoms with E-state index in [1.54, 1.807) is 0 Å². The Hall–Kier alpha value is -0.100. The second-order valence-corrected chi connectivity index (χ2v) is 6.11. The molecule has 1 aromatic carbocycles. The van der Waals surface area contributed by atoms with Gasteiger partial charge in [-0.15, -0.1) is 0 Å². The monoisotopic (exact) mass is 378 g/mol. The molecule has 0 spiro atoms. The maximum absolute atomic E-state index is 9.43. The predicted octanol–water partition coefficient (Wildman–Crippen LogP) is 3.43. The summed E-state index contributed by atoms with van der Waals surface area (Å²) in [6.07, 6.45) is 2.48. The maximum atomic E-state index is 9.43. The molecule has 0 amide bonds. The van der Waals surface area contributed by atoms with Crippen LogP contribution in [0.4, 0.5) is 5.69 Å². The highest BCUT2D eigenvalue weighted by Crippen LogP contribution is 2.28. The quantitative estimate of drug-likeness (QED) is 0.502. The third-order valence-electron chi connectivity index (χ3n) is 2.86. The summed E-state index contributed by atoms with van der Waals surface area (Å²) in [7, 11) is 0. The number of anilines is 1. The van der Waals surface area contributed by atoms with Crippen molar-refractivity contribution in [1.82, 2.24) is 5.32 Å². The van der Waals surface area contributed by atoms with E-state index in [4.69, 9.17) is 5.73 Å². The van der Waals surface area contributed by atoms with Crippen molar-refractivity contribution in [3.05, 3.63) is 26.6 Å². The minimum atomic E-state index is -0.170. The Morgan fingerprint density at radius 2 is 2.11 bits per heavy atom. The van der Waals surface area contributed by atoms with Crippen molar-refractivity contribution in [2.45, 2.75) is 38.8 Å². The summed E-state index contributed by atoms with van der Waals surface area (Å²) >= 11 is 6.88. The molecule has 0 saturated carbocycles. The summed E-state index contributed by atoms with van der Waals surface area (Å²) in [6, 6.07) is 3.96. The van der Waals surface area contributed by atoms with Crippen LogP contribution in [0.5, 0.6) is 0 Å². The molecule has 1 aromatic rings. The molecule has 3 nitrogen and oxygen atoms in total. The van der Waals surface area contributed by atoms with Crippen molar-refractivity contribution in [2.75, 3.05) is 12.3 Å². The van der Waals surface area contributed by atoms with Gasteiger partial charge in [-0.25, -0.2) is 0 Å². The summed E-state index contributed by atoms with van der Waals surface area (Å²) in [4.78, 5) is 0. The third-order valence-corrected chi connectivity index (χ3v) is 3.97. The number of nitrogen functional groups attached to an aromatic ring is 1. The molecular weight excluding hydrogens is 360 g/mol. The highest BCUT2D eigenvalue weighted by molar-refractivity contribution is 9.11. The molecule has 18 heavy (non-hydrogen) atoms. The van der Waals surface area contributed by atoms with Crippen LogP contribution in [0.2, 0.25) is 0 Å². The second-order valence-electron chi connectivity index (χ2n) is 4.34. The Balaban J connectivity index is 2.36. The van der Waals surface area contributed by atoms with Gasteiger partial charge in [-0.2, -0.15) is 0 Å². The molecule has 0 heterocycles. The lowest BCUT2D eigenvalue weighted by Gasteiger charge is -2.11. The first kappa shape index (κ1) is 16.0. The number of benzene rings is 1. The fraction of sp³-hybridized carbons (Fsp3) is 0.538. The van der Waals surface area contributed by atoms with Crippen molar-refractivity contribution in [3.63, 3.8) is 0 Å². The van der Waals surface area contributed by atoms with Gasteiger partial charge in [0.15, 0.2) is 0 Å². The van der Waals surface area contributed by atoms with Gasteiger partial charge < -0.3 is 16.2 Å². The number of aliphatic hydroxyl groups excluding tert-OH is 1. The molecule has 0 fully saturated rings. The van der Waals surface area contributed by atoms with E-state index in [1.807, 2.05) is 19.1 Å². The standard InChI is InChI=1S/C13H20Br2N2O/c1-2-11(18)4-3-5-17-8-9-6-10(14)7-12(15)13(9)16/h6-7,11,17-18H,2-5,8,16H2,1H3. The highest BCUT2D eigenvalue weighted by atomic mass is 79.9. The third kappa shape index (κ3) is 5.26. The van der Waals surface area contributed by atoms with Gasteiger partial charge in [0.1, 0.15) is 0 Å². The topological polar surface area (TPSA) is 58.3 Å². The van der Waals surface area contributed by atoms with E-state index in [0.29, 0.717) is 0 Å². The molecule has 0 saturated heterocycles. The number of halogens is 2. The zero-order chi connectivity index (χ0) is 13.5. The zero-order valence-electron chi connectivity index (χ0n) is 10.5. The molecule has 0 aliphatic rings. The first-order valence-corrected chi connectivity index (χ1v) is 7.75. The molecule has 0 aliphatic carbocycles. The first-order valence-electron chi connectivity index (χ1n) is 6.16. The van der Waals surface area contributed by atoms with Crippen molar-refractivity contribution >= 4 is 37.5 Å². The SMILES string of the molecule is CCC(O)CCCNCc1cc(Br)cc(Br)c1N. The van der Waals surface area contributed by atoms with Gasteiger partial charge in [-0.05, 0) is 59.4 Å². The van der Waals surface area contributed by atoms with E-state index >= 15 is 0 Å². The summed E-state index contributed by atoms with van der Waals surface area (Å²) in [5.41, 5.74) is 7.84. The van der Waals surface area contributed by atoms with Crippen molar-refractivity contribution in [2.24, 2.45) is 0 Å². The van der Waals surface area contributed by atoms with E-state index in [0.717, 1.165) is 52.5 Å². The first-order chi connectivity index (χ1) is 8.54. The highest BCUT2D eigenvalue weighted by Gasteiger charge is 2.05. The van der Waals surface area contributed by atoms with Gasteiger partial charge in [0.2, 0.25) is 0 Å². The largest absolute Gasteiger partial charge is 0.398 e. The normalized spacial score (nSPS) is 12.7. The van der Waals surface area contributed by atoms with Crippen molar-refractivity contribution < 1.29 is 5.11 Å². The maximum Gasteiger partial charge on any atom is 0.0538 e. The summed E-state index contributed by atoms with van der Waals surface area (Å²) in [5, 5.41) is 12.8. The molecule has 1 atom stereocenters. The van der Waals surface area contributed by atoms with Gasteiger partial charge >= 0.3 is 0 Å². The summed E-state index contributed by atoms with van der Waals surface area (Å²) in [6.45, 7) is 3.63. The predicted molar refractivity (Wildman–Crippen MR) is 83.5 cm³/mol. The Morgan fingerprint density at radius 1 is 1.39 bits per heavy atom. The van der Waals surface area contributed by atoms with Crippen LogP contribution < -0.4 is 11.1 Å². The number of nitrogens with one attached hydrogen (secondary N) is 1. The number of hydrogen-bond donors (Lipinski definition) is 3. The lowest BCUT2D eigenvalue weighted by molar-refractivity contribution is 0.157. The fourth-order valence-electron chi connectivity index (χ4n) is 1.67. The van der Waals surface area contributed by atoms with Gasteiger partial charge in [0.05, 0.1) is 11.8 Å². The Kier molecular flexibility index (Phi) is 7.22. The van der Waals surface area contributed by atoms with Gasteiger partial charge in [0, 0.05) is 15.5 Å². The van der Waals surface area contributed by atoms with E-state index in [9.17, 15) is 5.11 Å². The van der Waals surface area contributed by atoms with Gasteiger partial charge in [-0.1, -0.05) is 22.9 Å². The van der Waals surface area contributed by atoms with Crippen LogP contribution in [0, 0.1) is 0 Å². The van der Waals surface area contributed by atoms with E-state index in [1.165, 1.54) is 0 Å². The molecule has 102 valence electrons. The van der Waals surface area contributed by atoms with Crippen LogP contribution in [0.3, 0.4) is 0 Å². The van der Waals surface area contributed by atoms with Gasteiger partial charge in [-0.3, -0.25) is 0 Å². The van der Waals surface area contributed by atoms with Crippen LogP contribution in [-0.4, -0.2) is 17.8 Å². The molecule has 4 N–H and O–H groups in total. The molecule has 0 aromatic heterocycles. The molecule has 0 radical (unpaired) electrons. The van der Waals surface area contributed by atoms with E-state index in [2.05, 4.69) is 37.2 Å². The Morgan fingerprint density at radius 3 is 2.78 bits per heavy atom. The zero-order valence-corrected chi connectivity index (χ0v) is 13.7. The van der Waals surface area contributed by atoms with Crippen LogP contribution in [0.1, 0.15) is 31.7 Å². The smallest absolute Gasteiger partial charge is 0.0538 e. The number of hydrogen-bond acceptors (Lipinski definition) is 3. The van der Waals surface area contributed by atoms with Crippen LogP contribution >= 0.6 is 31.9 Å². The number of rotatable bonds is 7. The average Bonchev–Trinajstić information content (AvgIpc) is 2.34. The molecular formula is C13H20Br2N2O. The molecule has 5 heteroatoms. The summed E-state index contributed by atoms with van der Waals surface area (Å²) in [5.74, 6) is 0. The average molecular weight is 380 g/mol. The minimum absolute atomic E-state index is 0.170. The molecule has 0 bridgehead atoms. The molecule has 1 rings (SSSR count). The minimum Gasteiger partial charge on any atom is -0.398 e.